The zero-order valence-corrected chi connectivity index (χ0v) is 10.3. The predicted octanol–water partition coefficient (Wildman–Crippen LogP) is 4.10. The van der Waals surface area contributed by atoms with Gasteiger partial charge in [0.1, 0.15) is 0 Å². The van der Waals surface area contributed by atoms with E-state index in [0.717, 1.165) is 11.1 Å². The maximum absolute atomic E-state index is 8.95. The molecule has 18 heavy (non-hydrogen) atoms. The van der Waals surface area contributed by atoms with E-state index in [9.17, 15) is 0 Å². The van der Waals surface area contributed by atoms with E-state index >= 15 is 0 Å². The number of hydrogen-bond donors (Lipinski definition) is 0. The highest BCUT2D eigenvalue weighted by Crippen LogP contribution is 2.27. The Bertz CT molecular complexity index is 620. The molecule has 1 aliphatic rings. The summed E-state index contributed by atoms with van der Waals surface area (Å²) in [6, 6.07) is 16.8. The molecule has 3 rings (SSSR count). The topological polar surface area (TPSA) is 23.8 Å². The van der Waals surface area contributed by atoms with Crippen molar-refractivity contribution in [3.8, 4) is 17.2 Å². The van der Waals surface area contributed by atoms with Gasteiger partial charge in [-0.25, -0.2) is 0 Å². The van der Waals surface area contributed by atoms with Crippen LogP contribution >= 0.6 is 0 Å². The normalized spacial score (nSPS) is 13.7. The van der Waals surface area contributed by atoms with E-state index in [0.29, 0.717) is 0 Å². The lowest BCUT2D eigenvalue weighted by Gasteiger charge is -2.16. The van der Waals surface area contributed by atoms with Gasteiger partial charge < -0.3 is 0 Å². The second kappa shape index (κ2) is 4.66. The molecule has 0 atom stereocenters. The molecule has 0 aliphatic heterocycles. The summed E-state index contributed by atoms with van der Waals surface area (Å²) in [4.78, 5) is 0. The second-order valence-electron chi connectivity index (χ2n) is 4.88. The molecule has 0 amide bonds. The van der Waals surface area contributed by atoms with Crippen LogP contribution in [0.1, 0.15) is 29.5 Å². The molecule has 0 saturated carbocycles. The molecule has 2 aromatic rings. The third kappa shape index (κ3) is 2.02. The van der Waals surface area contributed by atoms with Crippen LogP contribution in [0.3, 0.4) is 0 Å². The van der Waals surface area contributed by atoms with E-state index in [1.165, 1.54) is 42.4 Å². The molecule has 0 aromatic heterocycles. The Morgan fingerprint density at radius 3 is 2.44 bits per heavy atom. The van der Waals surface area contributed by atoms with Crippen molar-refractivity contribution in [3.63, 3.8) is 0 Å². The summed E-state index contributed by atoms with van der Waals surface area (Å²) in [5.74, 6) is 0. The molecule has 1 aliphatic carbocycles. The lowest BCUT2D eigenvalue weighted by Crippen LogP contribution is -2.02. The number of fused-ring (bicyclic) bond motifs is 1. The first kappa shape index (κ1) is 11.0. The first-order chi connectivity index (χ1) is 8.86. The minimum absolute atomic E-state index is 0.727. The van der Waals surface area contributed by atoms with Crippen LogP contribution in [0, 0.1) is 11.3 Å². The van der Waals surface area contributed by atoms with Crippen LogP contribution in [-0.4, -0.2) is 0 Å². The number of aryl methyl sites for hydroxylation is 2. The lowest BCUT2D eigenvalue weighted by molar-refractivity contribution is 0.686. The molecular formula is C17H15N. The molecule has 0 spiro atoms. The highest BCUT2D eigenvalue weighted by Gasteiger charge is 2.10. The quantitative estimate of drug-likeness (QED) is 0.727. The molecule has 1 nitrogen and oxygen atoms in total. The van der Waals surface area contributed by atoms with Crippen LogP contribution in [-0.2, 0) is 12.8 Å². The van der Waals surface area contributed by atoms with Gasteiger partial charge in [0.25, 0.3) is 0 Å². The molecule has 0 heterocycles. The van der Waals surface area contributed by atoms with E-state index in [-0.39, 0.29) is 0 Å². The van der Waals surface area contributed by atoms with Crippen molar-refractivity contribution >= 4 is 0 Å². The van der Waals surface area contributed by atoms with Crippen molar-refractivity contribution in [3.05, 3.63) is 59.2 Å². The fraction of sp³-hybridized carbons (Fsp3) is 0.235. The fourth-order valence-corrected chi connectivity index (χ4v) is 2.68. The minimum atomic E-state index is 0.727. The maximum Gasteiger partial charge on any atom is 0.0991 e. The van der Waals surface area contributed by atoms with Crippen molar-refractivity contribution in [2.24, 2.45) is 0 Å². The number of nitriles is 1. The van der Waals surface area contributed by atoms with Gasteiger partial charge in [0, 0.05) is 0 Å². The van der Waals surface area contributed by atoms with Crippen LogP contribution in [0.15, 0.2) is 42.5 Å². The molecular weight excluding hydrogens is 218 g/mol. The molecule has 0 fully saturated rings. The molecule has 1 heteroatoms. The van der Waals surface area contributed by atoms with Crippen molar-refractivity contribution in [2.75, 3.05) is 0 Å². The van der Waals surface area contributed by atoms with E-state index < -0.39 is 0 Å². The fourth-order valence-electron chi connectivity index (χ4n) is 2.68. The first-order valence-corrected chi connectivity index (χ1v) is 6.49. The van der Waals surface area contributed by atoms with Crippen LogP contribution < -0.4 is 0 Å². The van der Waals surface area contributed by atoms with Crippen molar-refractivity contribution in [1.29, 1.82) is 5.26 Å². The van der Waals surface area contributed by atoms with Gasteiger partial charge in [-0.1, -0.05) is 30.3 Å². The third-order valence-corrected chi connectivity index (χ3v) is 3.67. The number of nitrogens with zero attached hydrogens (tertiary/aromatic N) is 1. The number of rotatable bonds is 1. The van der Waals surface area contributed by atoms with Crippen LogP contribution in [0.2, 0.25) is 0 Å². The molecule has 0 N–H and O–H groups in total. The lowest BCUT2D eigenvalue weighted by atomic mass is 9.89. The summed E-state index contributed by atoms with van der Waals surface area (Å²) >= 11 is 0. The van der Waals surface area contributed by atoms with Gasteiger partial charge in [-0.15, -0.1) is 0 Å². The number of hydrogen-bond acceptors (Lipinski definition) is 1. The summed E-state index contributed by atoms with van der Waals surface area (Å²) < 4.78 is 0. The predicted molar refractivity (Wildman–Crippen MR) is 73.2 cm³/mol. The zero-order valence-electron chi connectivity index (χ0n) is 10.3. The Hall–Kier alpha value is -2.07. The zero-order chi connectivity index (χ0) is 12.4. The monoisotopic (exact) mass is 233 g/mol. The van der Waals surface area contributed by atoms with Crippen LogP contribution in [0.25, 0.3) is 11.1 Å². The largest absolute Gasteiger partial charge is 0.192 e. The van der Waals surface area contributed by atoms with Crippen LogP contribution in [0.5, 0.6) is 0 Å². The maximum atomic E-state index is 8.95. The average Bonchev–Trinajstić information content (AvgIpc) is 2.47. The smallest absolute Gasteiger partial charge is 0.0991 e. The van der Waals surface area contributed by atoms with E-state index in [4.69, 9.17) is 5.26 Å². The van der Waals surface area contributed by atoms with Gasteiger partial charge >= 0.3 is 0 Å². The summed E-state index contributed by atoms with van der Waals surface area (Å²) in [7, 11) is 0. The second-order valence-corrected chi connectivity index (χ2v) is 4.88. The third-order valence-electron chi connectivity index (χ3n) is 3.67. The molecule has 2 aromatic carbocycles. The summed E-state index contributed by atoms with van der Waals surface area (Å²) in [6.45, 7) is 0. The standard InChI is InChI=1S/C17H15N/c18-12-13-4-3-7-15(10-13)17-9-8-14-5-1-2-6-16(14)11-17/h3-4,7-11H,1-2,5-6H2. The molecule has 0 saturated heterocycles. The van der Waals surface area contributed by atoms with Crippen molar-refractivity contribution < 1.29 is 0 Å². The highest BCUT2D eigenvalue weighted by atomic mass is 14.2. The van der Waals surface area contributed by atoms with E-state index in [1.54, 1.807) is 0 Å². The molecule has 0 unspecified atom stereocenters. The van der Waals surface area contributed by atoms with Gasteiger partial charge in [-0.2, -0.15) is 5.26 Å². The SMILES string of the molecule is N#Cc1cccc(-c2ccc3c(c2)CCCC3)c1. The molecule has 88 valence electrons. The van der Waals surface area contributed by atoms with E-state index in [2.05, 4.69) is 30.3 Å². The van der Waals surface area contributed by atoms with Crippen LogP contribution in [0.4, 0.5) is 0 Å². The Kier molecular flexibility index (Phi) is 2.86. The summed E-state index contributed by atoms with van der Waals surface area (Å²) in [5, 5.41) is 8.95. The molecule has 0 bridgehead atoms. The average molecular weight is 233 g/mol. The van der Waals surface area contributed by atoms with Gasteiger partial charge in [0.05, 0.1) is 11.6 Å². The van der Waals surface area contributed by atoms with Crippen molar-refractivity contribution in [1.82, 2.24) is 0 Å². The Morgan fingerprint density at radius 2 is 1.61 bits per heavy atom. The summed E-state index contributed by atoms with van der Waals surface area (Å²) in [5.41, 5.74) is 6.09. The Balaban J connectivity index is 2.04. The van der Waals surface area contributed by atoms with Gasteiger partial charge in [-0.3, -0.25) is 0 Å². The summed E-state index contributed by atoms with van der Waals surface area (Å²) in [6.07, 6.45) is 5.03. The number of benzene rings is 2. The molecule has 0 radical (unpaired) electrons. The van der Waals surface area contributed by atoms with Crippen molar-refractivity contribution in [2.45, 2.75) is 25.7 Å². The van der Waals surface area contributed by atoms with Gasteiger partial charge in [-0.05, 0) is 60.1 Å². The Labute approximate surface area is 108 Å². The van der Waals surface area contributed by atoms with Gasteiger partial charge in [0.15, 0.2) is 0 Å². The van der Waals surface area contributed by atoms with Gasteiger partial charge in [0.2, 0.25) is 0 Å². The Morgan fingerprint density at radius 1 is 0.833 bits per heavy atom. The van der Waals surface area contributed by atoms with E-state index in [1.807, 2.05) is 18.2 Å². The minimum Gasteiger partial charge on any atom is -0.192 e. The first-order valence-electron chi connectivity index (χ1n) is 6.49. The highest BCUT2D eigenvalue weighted by molar-refractivity contribution is 5.66.